The molecule has 1 aliphatic heterocycles. The van der Waals surface area contributed by atoms with Crippen molar-refractivity contribution in [2.24, 2.45) is 23.2 Å². The van der Waals surface area contributed by atoms with Gasteiger partial charge >= 0.3 is 0 Å². The van der Waals surface area contributed by atoms with Crippen LogP contribution in [0.1, 0.15) is 57.1 Å². The Morgan fingerprint density at radius 2 is 2.00 bits per heavy atom. The smallest absolute Gasteiger partial charge is 0.249 e. The molecule has 6 rings (SSSR count). The summed E-state index contributed by atoms with van der Waals surface area (Å²) in [5.41, 5.74) is 1.78. The van der Waals surface area contributed by atoms with Gasteiger partial charge in [0.05, 0.1) is 32.3 Å². The number of methoxy groups -OCH3 is 1. The number of aliphatic hydroxyl groups is 3. The number of benzene rings is 1. The maximum atomic E-state index is 13.7. The standard InChI is InChI=1S/C31H44N2O8/c1-5-40-16-25(36)33(14-18-6-7-19-12-22(18)31(19,2)3)23-13-21(30(38)32-8-9-34)26-20-10-17(15-35)11-24(39-4)28(20)41-29(26)27(23)37/h10-11,13,18-19,22-23,26-27,29,34-35,37H,5-9,12,14-16H2,1-4H3,(H,32,38). The zero-order valence-corrected chi connectivity index (χ0v) is 24.5. The summed E-state index contributed by atoms with van der Waals surface area (Å²) >= 11 is 0. The molecular formula is C31H44N2O8. The van der Waals surface area contributed by atoms with Gasteiger partial charge in [-0.3, -0.25) is 9.59 Å². The molecule has 4 aliphatic carbocycles. The number of nitrogens with one attached hydrogen (secondary N) is 1. The van der Waals surface area contributed by atoms with Gasteiger partial charge in [0.15, 0.2) is 11.5 Å². The molecule has 4 N–H and O–H groups in total. The second-order valence-corrected chi connectivity index (χ2v) is 12.4. The normalized spacial score (nSPS) is 30.7. The Morgan fingerprint density at radius 3 is 2.63 bits per heavy atom. The maximum absolute atomic E-state index is 13.7. The lowest BCUT2D eigenvalue weighted by molar-refractivity contribution is -0.150. The average molecular weight is 573 g/mol. The predicted octanol–water partition coefficient (Wildman–Crippen LogP) is 1.75. The molecule has 0 aromatic heterocycles. The molecule has 2 bridgehead atoms. The number of amides is 2. The zero-order valence-electron chi connectivity index (χ0n) is 24.5. The predicted molar refractivity (Wildman–Crippen MR) is 150 cm³/mol. The van der Waals surface area contributed by atoms with Gasteiger partial charge in [0.25, 0.3) is 0 Å². The summed E-state index contributed by atoms with van der Waals surface area (Å²) in [5.74, 6) is 0.976. The van der Waals surface area contributed by atoms with Gasteiger partial charge in [-0.2, -0.15) is 0 Å². The van der Waals surface area contributed by atoms with E-state index < -0.39 is 30.1 Å². The minimum absolute atomic E-state index is 0.0570. The molecule has 3 fully saturated rings. The van der Waals surface area contributed by atoms with Gasteiger partial charge in [-0.15, -0.1) is 0 Å². The van der Waals surface area contributed by atoms with Crippen molar-refractivity contribution in [2.75, 3.05) is 40.0 Å². The second kappa shape index (κ2) is 11.9. The minimum Gasteiger partial charge on any atom is -0.493 e. The Balaban J connectivity index is 1.54. The van der Waals surface area contributed by atoms with Crippen LogP contribution in [0, 0.1) is 23.2 Å². The van der Waals surface area contributed by atoms with Crippen molar-refractivity contribution in [2.45, 2.75) is 70.8 Å². The van der Waals surface area contributed by atoms with E-state index in [1.54, 1.807) is 23.1 Å². The van der Waals surface area contributed by atoms with E-state index in [4.69, 9.17) is 14.2 Å². The number of carbonyl (C=O) groups excluding carboxylic acids is 2. The molecule has 1 aromatic rings. The van der Waals surface area contributed by atoms with E-state index in [-0.39, 0.29) is 43.6 Å². The van der Waals surface area contributed by atoms with E-state index >= 15 is 0 Å². The van der Waals surface area contributed by atoms with Crippen molar-refractivity contribution < 1.29 is 39.1 Å². The Kier molecular flexibility index (Phi) is 8.66. The summed E-state index contributed by atoms with van der Waals surface area (Å²) in [7, 11) is 1.50. The van der Waals surface area contributed by atoms with Gasteiger partial charge in [0.1, 0.15) is 18.8 Å². The summed E-state index contributed by atoms with van der Waals surface area (Å²) in [6, 6.07) is 2.61. The van der Waals surface area contributed by atoms with Gasteiger partial charge in [-0.25, -0.2) is 0 Å². The maximum Gasteiger partial charge on any atom is 0.249 e. The lowest BCUT2D eigenvalue weighted by atomic mass is 9.45. The van der Waals surface area contributed by atoms with E-state index in [0.717, 1.165) is 19.3 Å². The summed E-state index contributed by atoms with van der Waals surface area (Å²) in [4.78, 5) is 28.9. The number of hydrogen-bond donors (Lipinski definition) is 4. The van der Waals surface area contributed by atoms with Crippen LogP contribution in [0.25, 0.3) is 0 Å². The van der Waals surface area contributed by atoms with Gasteiger partial charge in [0.2, 0.25) is 11.8 Å². The molecule has 0 radical (unpaired) electrons. The van der Waals surface area contributed by atoms with E-state index in [9.17, 15) is 24.9 Å². The topological polar surface area (TPSA) is 138 Å². The number of aliphatic hydroxyl groups excluding tert-OH is 3. The Labute approximate surface area is 241 Å². The molecule has 0 spiro atoms. The van der Waals surface area contributed by atoms with Crippen LogP contribution in [-0.2, 0) is 20.9 Å². The van der Waals surface area contributed by atoms with Crippen molar-refractivity contribution in [1.29, 1.82) is 0 Å². The lowest BCUT2D eigenvalue weighted by Gasteiger charge is -2.61. The molecule has 3 saturated carbocycles. The molecule has 0 saturated heterocycles. The fourth-order valence-electron chi connectivity index (χ4n) is 7.71. The molecule has 7 atom stereocenters. The number of carbonyl (C=O) groups is 2. The minimum atomic E-state index is -1.14. The Hall–Kier alpha value is -2.66. The van der Waals surface area contributed by atoms with Crippen LogP contribution in [0.5, 0.6) is 11.5 Å². The first-order chi connectivity index (χ1) is 19.7. The fraction of sp³-hybridized carbons (Fsp3) is 0.677. The number of hydrogen-bond acceptors (Lipinski definition) is 8. The van der Waals surface area contributed by atoms with E-state index in [1.807, 2.05) is 6.92 Å². The van der Waals surface area contributed by atoms with Crippen molar-refractivity contribution >= 4 is 11.8 Å². The third-order valence-electron chi connectivity index (χ3n) is 10.0. The molecule has 10 nitrogen and oxygen atoms in total. The molecular weight excluding hydrogens is 528 g/mol. The highest BCUT2D eigenvalue weighted by molar-refractivity contribution is 5.96. The fourth-order valence-corrected chi connectivity index (χ4v) is 7.71. The molecule has 7 unspecified atom stereocenters. The highest BCUT2D eigenvalue weighted by Gasteiger charge is 2.56. The summed E-state index contributed by atoms with van der Waals surface area (Å²) in [6.07, 6.45) is 2.98. The van der Waals surface area contributed by atoms with Crippen molar-refractivity contribution in [3.8, 4) is 11.5 Å². The number of rotatable bonds is 11. The van der Waals surface area contributed by atoms with E-state index in [2.05, 4.69) is 19.2 Å². The average Bonchev–Trinajstić information content (AvgIpc) is 3.37. The number of fused-ring (bicyclic) bond motifs is 5. The first-order valence-corrected chi connectivity index (χ1v) is 14.8. The second-order valence-electron chi connectivity index (χ2n) is 12.4. The monoisotopic (exact) mass is 572 g/mol. The van der Waals surface area contributed by atoms with Crippen LogP contribution in [0.15, 0.2) is 23.8 Å². The zero-order chi connectivity index (χ0) is 29.5. The summed E-state index contributed by atoms with van der Waals surface area (Å²) in [6.45, 7) is 6.77. The highest BCUT2D eigenvalue weighted by Crippen LogP contribution is 2.61. The first kappa shape index (κ1) is 29.8. The Morgan fingerprint density at radius 1 is 1.22 bits per heavy atom. The quantitative estimate of drug-likeness (QED) is 0.315. The third-order valence-corrected chi connectivity index (χ3v) is 10.0. The number of nitrogens with zero attached hydrogens (tertiary/aromatic N) is 1. The molecule has 10 heteroatoms. The van der Waals surface area contributed by atoms with E-state index in [0.29, 0.717) is 53.2 Å². The molecule has 226 valence electrons. The van der Waals surface area contributed by atoms with Crippen LogP contribution in [-0.4, -0.2) is 90.3 Å². The summed E-state index contributed by atoms with van der Waals surface area (Å²) < 4.78 is 17.4. The highest BCUT2D eigenvalue weighted by atomic mass is 16.5. The van der Waals surface area contributed by atoms with Crippen molar-refractivity contribution in [3.63, 3.8) is 0 Å². The van der Waals surface area contributed by atoms with Crippen LogP contribution in [0.2, 0.25) is 0 Å². The van der Waals surface area contributed by atoms with Gasteiger partial charge in [0, 0.05) is 30.8 Å². The summed E-state index contributed by atoms with van der Waals surface area (Å²) in [5, 5.41) is 33.9. The first-order valence-electron chi connectivity index (χ1n) is 14.8. The van der Waals surface area contributed by atoms with Crippen LogP contribution < -0.4 is 14.8 Å². The molecule has 41 heavy (non-hydrogen) atoms. The largest absolute Gasteiger partial charge is 0.493 e. The van der Waals surface area contributed by atoms with Crippen LogP contribution in [0.3, 0.4) is 0 Å². The van der Waals surface area contributed by atoms with E-state index in [1.165, 1.54) is 7.11 Å². The molecule has 1 heterocycles. The van der Waals surface area contributed by atoms with Crippen LogP contribution in [0.4, 0.5) is 0 Å². The van der Waals surface area contributed by atoms with Crippen LogP contribution >= 0.6 is 0 Å². The number of ether oxygens (including phenoxy) is 3. The molecule has 5 aliphatic rings. The lowest BCUT2D eigenvalue weighted by Crippen LogP contribution is -2.60. The van der Waals surface area contributed by atoms with Gasteiger partial charge in [-0.1, -0.05) is 13.8 Å². The van der Waals surface area contributed by atoms with Gasteiger partial charge < -0.3 is 39.7 Å². The molecule has 2 amide bonds. The van der Waals surface area contributed by atoms with Crippen molar-refractivity contribution in [3.05, 3.63) is 34.9 Å². The van der Waals surface area contributed by atoms with Gasteiger partial charge in [-0.05, 0) is 73.1 Å². The SMILES string of the molecule is CCOCC(=O)N(CC1CCC2CC1C2(C)C)C1C=C(C(=O)NCCO)C2c3cc(CO)cc(OC)c3OC2C1O. The van der Waals surface area contributed by atoms with Crippen molar-refractivity contribution in [1.82, 2.24) is 10.2 Å². The molecule has 1 aromatic carbocycles. The third kappa shape index (κ3) is 5.24. The Bertz CT molecular complexity index is 1180.